The monoisotopic (exact) mass is 541 g/mol. The van der Waals surface area contributed by atoms with Crippen LogP contribution in [0.15, 0.2) is 55.1 Å². The van der Waals surface area contributed by atoms with Crippen LogP contribution in [0.25, 0.3) is 16.7 Å². The molecule has 1 amide bonds. The molecule has 218 valence electrons. The smallest absolute Gasteiger partial charge is 0.302 e. The van der Waals surface area contributed by atoms with Gasteiger partial charge in [0.25, 0.3) is 0 Å². The molecule has 1 atom stereocenters. The second-order valence-electron chi connectivity index (χ2n) is 8.23. The zero-order valence-electron chi connectivity index (χ0n) is 25.7. The van der Waals surface area contributed by atoms with E-state index in [1.807, 2.05) is 83.1 Å². The van der Waals surface area contributed by atoms with Gasteiger partial charge in [0, 0.05) is 14.0 Å². The van der Waals surface area contributed by atoms with Gasteiger partial charge in [0.15, 0.2) is 0 Å². The lowest BCUT2D eigenvalue weighted by molar-refractivity contribution is -0.141. The number of amides is 1. The van der Waals surface area contributed by atoms with E-state index in [2.05, 4.69) is 23.6 Å². The first-order chi connectivity index (χ1) is 18.7. The number of ketones is 1. The van der Waals surface area contributed by atoms with Crippen molar-refractivity contribution in [3.05, 3.63) is 60.7 Å². The van der Waals surface area contributed by atoms with E-state index in [0.717, 1.165) is 53.9 Å². The van der Waals surface area contributed by atoms with Crippen molar-refractivity contribution in [2.24, 2.45) is 5.92 Å². The summed E-state index contributed by atoms with van der Waals surface area (Å²) < 4.78 is 10.3. The Balaban J connectivity index is 0. The number of allylic oxidation sites excluding steroid dienone is 1. The van der Waals surface area contributed by atoms with E-state index in [1.165, 1.54) is 20.9 Å². The highest BCUT2D eigenvalue weighted by molar-refractivity contribution is 6.01. The van der Waals surface area contributed by atoms with E-state index >= 15 is 0 Å². The van der Waals surface area contributed by atoms with Crippen LogP contribution in [0.3, 0.4) is 0 Å². The van der Waals surface area contributed by atoms with Crippen molar-refractivity contribution in [3.8, 4) is 16.9 Å². The number of carbonyl (C=O) groups is 3. The minimum absolute atomic E-state index is 0.154. The lowest BCUT2D eigenvalue weighted by Crippen LogP contribution is -2.32. The van der Waals surface area contributed by atoms with Crippen LogP contribution in [-0.4, -0.2) is 37.9 Å². The average Bonchev–Trinajstić information content (AvgIpc) is 2.97. The molecule has 1 unspecified atom stereocenters. The number of hydrogen-bond donors (Lipinski definition) is 1. The topological polar surface area (TPSA) is 81.7 Å². The number of ether oxygens (including phenoxy) is 2. The zero-order valence-corrected chi connectivity index (χ0v) is 25.7. The lowest BCUT2D eigenvalue weighted by atomic mass is 9.91. The first kappa shape index (κ1) is 37.7. The number of rotatable bonds is 12. The van der Waals surface area contributed by atoms with Crippen LogP contribution in [0.5, 0.6) is 5.75 Å². The highest BCUT2D eigenvalue weighted by Gasteiger charge is 2.23. The van der Waals surface area contributed by atoms with Crippen LogP contribution < -0.4 is 10.1 Å². The Kier molecular flexibility index (Phi) is 22.9. The predicted octanol–water partition coefficient (Wildman–Crippen LogP) is 7.90. The average molecular weight is 542 g/mol. The van der Waals surface area contributed by atoms with E-state index in [1.54, 1.807) is 0 Å². The highest BCUT2D eigenvalue weighted by Crippen LogP contribution is 2.27. The van der Waals surface area contributed by atoms with Crippen LogP contribution in [0.4, 0.5) is 0 Å². The standard InChI is InChI=1S/C24H29NO3.C5H10O2.2C2H6/c1-5-6-15-28-22-13-11-21(12-14-22)20-9-7-19(8-10-20)17(2)16-23(18(3)26)24(27)25-4;1-3-4-7-5(2)6;2*1-2/h7-14,23H,2,5-6,15-16H2,1,3-4H3,(H,25,27);3-4H2,1-2H3;2*1-2H3. The molecule has 0 saturated carbocycles. The van der Waals surface area contributed by atoms with Crippen LogP contribution in [-0.2, 0) is 19.1 Å². The summed E-state index contributed by atoms with van der Waals surface area (Å²) in [4.78, 5) is 33.6. The number of hydrogen-bond acceptors (Lipinski definition) is 5. The van der Waals surface area contributed by atoms with Crippen molar-refractivity contribution in [1.82, 2.24) is 5.32 Å². The minimum Gasteiger partial charge on any atom is -0.494 e. The Morgan fingerprint density at radius 3 is 1.72 bits per heavy atom. The predicted molar refractivity (Wildman–Crippen MR) is 164 cm³/mol. The Morgan fingerprint density at radius 1 is 0.821 bits per heavy atom. The van der Waals surface area contributed by atoms with Crippen molar-refractivity contribution in [3.63, 3.8) is 0 Å². The van der Waals surface area contributed by atoms with Gasteiger partial charge < -0.3 is 14.8 Å². The maximum absolute atomic E-state index is 11.9. The summed E-state index contributed by atoms with van der Waals surface area (Å²) in [6.45, 7) is 20.3. The first-order valence-electron chi connectivity index (χ1n) is 14.1. The summed E-state index contributed by atoms with van der Waals surface area (Å²) in [5.41, 5.74) is 3.89. The Labute approximate surface area is 237 Å². The van der Waals surface area contributed by atoms with Crippen molar-refractivity contribution in [2.45, 2.75) is 81.1 Å². The van der Waals surface area contributed by atoms with Crippen molar-refractivity contribution in [1.29, 1.82) is 0 Å². The van der Waals surface area contributed by atoms with Gasteiger partial charge in [-0.25, -0.2) is 0 Å². The molecule has 6 heteroatoms. The molecule has 0 aliphatic rings. The molecule has 6 nitrogen and oxygen atoms in total. The molecule has 0 aliphatic heterocycles. The summed E-state index contributed by atoms with van der Waals surface area (Å²) >= 11 is 0. The molecule has 39 heavy (non-hydrogen) atoms. The summed E-state index contributed by atoms with van der Waals surface area (Å²) in [5.74, 6) is -0.434. The van der Waals surface area contributed by atoms with Crippen molar-refractivity contribution >= 4 is 23.2 Å². The molecule has 2 rings (SSSR count). The van der Waals surface area contributed by atoms with E-state index in [9.17, 15) is 14.4 Å². The molecule has 0 heterocycles. The van der Waals surface area contributed by atoms with Crippen molar-refractivity contribution in [2.75, 3.05) is 20.3 Å². The molecule has 0 aromatic heterocycles. The molecule has 0 fully saturated rings. The molecule has 0 radical (unpaired) electrons. The second-order valence-corrected chi connectivity index (χ2v) is 8.23. The molecule has 2 aromatic rings. The third-order valence-electron chi connectivity index (χ3n) is 5.26. The molecule has 0 bridgehead atoms. The van der Waals surface area contributed by atoms with Crippen LogP contribution in [0, 0.1) is 5.92 Å². The molecular formula is C33H51NO5. The quantitative estimate of drug-likeness (QED) is 0.168. The SMILES string of the molecule is C=C(CC(C(C)=O)C(=O)NC)c1ccc(-c2ccc(OCCCC)cc2)cc1.CC.CC.CCCOC(C)=O. The van der Waals surface area contributed by atoms with Gasteiger partial charge in [0.1, 0.15) is 17.5 Å². The molecule has 1 N–H and O–H groups in total. The summed E-state index contributed by atoms with van der Waals surface area (Å²) in [6, 6.07) is 16.1. The van der Waals surface area contributed by atoms with Crippen molar-refractivity contribution < 1.29 is 23.9 Å². The van der Waals surface area contributed by atoms with Crippen LogP contribution in [0.2, 0.25) is 0 Å². The maximum Gasteiger partial charge on any atom is 0.302 e. The second kappa shape index (κ2) is 23.7. The molecule has 0 spiro atoms. The van der Waals surface area contributed by atoms with E-state index < -0.39 is 5.92 Å². The maximum atomic E-state index is 11.9. The number of esters is 1. The molecule has 2 aromatic carbocycles. The van der Waals surface area contributed by atoms with E-state index in [0.29, 0.717) is 13.0 Å². The normalized spacial score (nSPS) is 10.1. The molecule has 0 saturated heterocycles. The summed E-state index contributed by atoms with van der Waals surface area (Å²) in [5, 5.41) is 2.54. The van der Waals surface area contributed by atoms with Gasteiger partial charge in [-0.2, -0.15) is 0 Å². The zero-order chi connectivity index (χ0) is 30.2. The Bertz CT molecular complexity index is 949. The van der Waals surface area contributed by atoms with Gasteiger partial charge in [0.2, 0.25) is 5.91 Å². The van der Waals surface area contributed by atoms with Gasteiger partial charge in [0.05, 0.1) is 13.2 Å². The van der Waals surface area contributed by atoms with E-state index in [-0.39, 0.29) is 17.7 Å². The fraction of sp³-hybridized carbons (Fsp3) is 0.485. The highest BCUT2D eigenvalue weighted by atomic mass is 16.5. The number of nitrogens with one attached hydrogen (secondary N) is 1. The summed E-state index contributed by atoms with van der Waals surface area (Å²) in [6.07, 6.45) is 3.39. The Morgan fingerprint density at radius 2 is 1.33 bits per heavy atom. The van der Waals surface area contributed by atoms with Gasteiger partial charge in [-0.05, 0) is 60.6 Å². The van der Waals surface area contributed by atoms with Crippen LogP contribution >= 0.6 is 0 Å². The number of carbonyl (C=O) groups excluding carboxylic acids is 3. The third-order valence-corrected chi connectivity index (χ3v) is 5.26. The number of Topliss-reactive ketones (excluding diaryl/α,β-unsaturated/α-hetero) is 1. The van der Waals surface area contributed by atoms with Gasteiger partial charge in [-0.15, -0.1) is 0 Å². The number of benzene rings is 2. The Hall–Kier alpha value is -3.41. The summed E-state index contributed by atoms with van der Waals surface area (Å²) in [7, 11) is 1.54. The number of unbranched alkanes of at least 4 members (excludes halogenated alkanes) is 1. The van der Waals surface area contributed by atoms with Gasteiger partial charge >= 0.3 is 5.97 Å². The fourth-order valence-corrected chi connectivity index (χ4v) is 3.18. The lowest BCUT2D eigenvalue weighted by Gasteiger charge is -2.14. The first-order valence-corrected chi connectivity index (χ1v) is 14.1. The largest absolute Gasteiger partial charge is 0.494 e. The van der Waals surface area contributed by atoms with Gasteiger partial charge in [-0.3, -0.25) is 14.4 Å². The molecular weight excluding hydrogens is 490 g/mol. The van der Waals surface area contributed by atoms with Crippen LogP contribution in [0.1, 0.15) is 86.6 Å². The molecule has 0 aliphatic carbocycles. The minimum atomic E-state index is -0.697. The fourth-order valence-electron chi connectivity index (χ4n) is 3.18. The third kappa shape index (κ3) is 16.2. The van der Waals surface area contributed by atoms with E-state index in [4.69, 9.17) is 4.74 Å². The van der Waals surface area contributed by atoms with Gasteiger partial charge in [-0.1, -0.05) is 90.9 Å².